The Kier molecular flexibility index (Phi) is 3.28. The van der Waals surface area contributed by atoms with Crippen molar-refractivity contribution in [2.24, 2.45) is 17.8 Å². The summed E-state index contributed by atoms with van der Waals surface area (Å²) in [5.41, 5.74) is 0.264. The number of fused-ring (bicyclic) bond motifs is 3. The van der Waals surface area contributed by atoms with Gasteiger partial charge in [0.2, 0.25) is 5.91 Å². The zero-order valence-corrected chi connectivity index (χ0v) is 14.7. The van der Waals surface area contributed by atoms with Crippen LogP contribution in [0.15, 0.2) is 24.3 Å². The summed E-state index contributed by atoms with van der Waals surface area (Å²) in [6, 6.07) is 7.90. The Labute approximate surface area is 148 Å². The molecule has 5 atom stereocenters. The Balaban J connectivity index is 1.40. The van der Waals surface area contributed by atoms with Crippen LogP contribution in [0.5, 0.6) is 5.75 Å². The van der Waals surface area contributed by atoms with E-state index in [1.807, 2.05) is 24.3 Å². The monoisotopic (exact) mass is 339 g/mol. The third kappa shape index (κ3) is 2.19. The van der Waals surface area contributed by atoms with Crippen LogP contribution < -0.4 is 4.74 Å². The zero-order valence-electron chi connectivity index (χ0n) is 14.7. The minimum atomic E-state index is -0.435. The predicted molar refractivity (Wildman–Crippen MR) is 93.5 cm³/mol. The number of carbonyl (C=O) groups is 2. The number of hydrogen-bond donors (Lipinski definition) is 0. The number of carbonyl (C=O) groups excluding carboxylic acids is 2. The number of para-hydroxylation sites is 1. The van der Waals surface area contributed by atoms with Crippen LogP contribution in [0, 0.1) is 17.8 Å². The van der Waals surface area contributed by atoms with Crippen molar-refractivity contribution < 1.29 is 14.3 Å². The Morgan fingerprint density at radius 1 is 1.24 bits per heavy atom. The van der Waals surface area contributed by atoms with Crippen molar-refractivity contribution in [3.05, 3.63) is 29.8 Å². The second-order valence-corrected chi connectivity index (χ2v) is 8.39. The largest absolute Gasteiger partial charge is 0.486 e. The maximum Gasteiger partial charge on any atom is 0.226 e. The van der Waals surface area contributed by atoms with Gasteiger partial charge in [0.05, 0.1) is 12.0 Å². The standard InChI is InChI=1S/C21H25NO3/c1-13-6-4-5-11-22(13)20(24)18-15-9-10-21(19(15)18)12-16(23)14-7-2-3-8-17(14)25-21/h2-3,7-8,13,15,18-19H,4-6,9-12H2,1H3/t13-,15-,18+,19+,21-/m1/s1. The summed E-state index contributed by atoms with van der Waals surface area (Å²) in [4.78, 5) is 27.9. The highest BCUT2D eigenvalue weighted by Crippen LogP contribution is 2.66. The molecule has 1 amide bonds. The molecule has 4 heteroatoms. The SMILES string of the molecule is C[C@@H]1CCCCN1C(=O)[C@H]1[C@H]2CC[C@@]3(CC(=O)c4ccccc4O3)[C@@H]21. The molecule has 1 aromatic carbocycles. The molecule has 4 nitrogen and oxygen atoms in total. The molecule has 2 aliphatic heterocycles. The summed E-state index contributed by atoms with van der Waals surface area (Å²) < 4.78 is 6.41. The number of benzene rings is 1. The van der Waals surface area contributed by atoms with Gasteiger partial charge in [-0.2, -0.15) is 0 Å². The molecule has 0 unspecified atom stereocenters. The molecule has 1 spiro atoms. The van der Waals surface area contributed by atoms with E-state index in [1.54, 1.807) is 0 Å². The topological polar surface area (TPSA) is 46.6 Å². The first kappa shape index (κ1) is 15.4. The molecule has 2 aliphatic carbocycles. The third-order valence-electron chi connectivity index (χ3n) is 7.01. The Hall–Kier alpha value is -1.84. The molecule has 0 radical (unpaired) electrons. The molecule has 0 aromatic heterocycles. The Bertz CT molecular complexity index is 744. The van der Waals surface area contributed by atoms with Crippen molar-refractivity contribution in [2.75, 3.05) is 6.54 Å². The normalized spacial score (nSPS) is 38.9. The van der Waals surface area contributed by atoms with Crippen molar-refractivity contribution in [2.45, 2.75) is 57.1 Å². The molecular formula is C21H25NO3. The van der Waals surface area contributed by atoms with Crippen LogP contribution >= 0.6 is 0 Å². The maximum atomic E-state index is 13.1. The lowest BCUT2D eigenvalue weighted by molar-refractivity contribution is -0.137. The number of nitrogens with zero attached hydrogens (tertiary/aromatic N) is 1. The predicted octanol–water partition coefficient (Wildman–Crippen LogP) is 3.45. The van der Waals surface area contributed by atoms with Gasteiger partial charge in [0.25, 0.3) is 0 Å². The smallest absolute Gasteiger partial charge is 0.226 e. The minimum absolute atomic E-state index is 0.0763. The van der Waals surface area contributed by atoms with E-state index in [0.29, 0.717) is 35.6 Å². The van der Waals surface area contributed by atoms with E-state index in [-0.39, 0.29) is 17.6 Å². The molecule has 0 bridgehead atoms. The van der Waals surface area contributed by atoms with Gasteiger partial charge in [-0.15, -0.1) is 0 Å². The van der Waals surface area contributed by atoms with Gasteiger partial charge in [-0.25, -0.2) is 0 Å². The molecular weight excluding hydrogens is 314 g/mol. The molecule has 132 valence electrons. The number of amides is 1. The van der Waals surface area contributed by atoms with Gasteiger partial charge in [-0.05, 0) is 57.1 Å². The summed E-state index contributed by atoms with van der Waals surface area (Å²) in [6.45, 7) is 3.06. The first-order chi connectivity index (χ1) is 12.1. The van der Waals surface area contributed by atoms with Crippen LogP contribution in [0.3, 0.4) is 0 Å². The molecule has 1 aromatic rings. The first-order valence-corrected chi connectivity index (χ1v) is 9.72. The summed E-state index contributed by atoms with van der Waals surface area (Å²) in [7, 11) is 0. The lowest BCUT2D eigenvalue weighted by Gasteiger charge is -2.38. The van der Waals surface area contributed by atoms with Crippen LogP contribution in [0.4, 0.5) is 0 Å². The average molecular weight is 339 g/mol. The van der Waals surface area contributed by atoms with Gasteiger partial charge >= 0.3 is 0 Å². The van der Waals surface area contributed by atoms with Crippen LogP contribution in [-0.4, -0.2) is 34.8 Å². The molecule has 5 rings (SSSR count). The summed E-state index contributed by atoms with van der Waals surface area (Å²) in [6.07, 6.45) is 5.80. The van der Waals surface area contributed by atoms with E-state index >= 15 is 0 Å². The summed E-state index contributed by atoms with van der Waals surface area (Å²) in [5, 5.41) is 0. The number of ketones is 1. The first-order valence-electron chi connectivity index (χ1n) is 9.72. The molecule has 2 heterocycles. The van der Waals surface area contributed by atoms with Crippen LogP contribution in [0.25, 0.3) is 0 Å². The zero-order chi connectivity index (χ0) is 17.2. The number of hydrogen-bond acceptors (Lipinski definition) is 3. The summed E-state index contributed by atoms with van der Waals surface area (Å²) >= 11 is 0. The molecule has 25 heavy (non-hydrogen) atoms. The van der Waals surface area contributed by atoms with Crippen molar-refractivity contribution in [1.82, 2.24) is 4.90 Å². The third-order valence-corrected chi connectivity index (χ3v) is 7.01. The molecule has 3 fully saturated rings. The average Bonchev–Trinajstić information content (AvgIpc) is 3.26. The van der Waals surface area contributed by atoms with Gasteiger partial charge in [0, 0.05) is 24.4 Å². The van der Waals surface area contributed by atoms with Crippen LogP contribution in [0.2, 0.25) is 0 Å². The van der Waals surface area contributed by atoms with Crippen LogP contribution in [0.1, 0.15) is 55.8 Å². The van der Waals surface area contributed by atoms with Crippen molar-refractivity contribution in [3.8, 4) is 5.75 Å². The Morgan fingerprint density at radius 2 is 2.08 bits per heavy atom. The molecule has 2 saturated carbocycles. The lowest BCUT2D eigenvalue weighted by atomic mass is 9.84. The molecule has 0 N–H and O–H groups in total. The number of likely N-dealkylation sites (tertiary alicyclic amines) is 1. The van der Waals surface area contributed by atoms with E-state index in [2.05, 4.69) is 11.8 Å². The van der Waals surface area contributed by atoms with E-state index in [1.165, 1.54) is 6.42 Å². The quantitative estimate of drug-likeness (QED) is 0.787. The second kappa shape index (κ2) is 5.33. The minimum Gasteiger partial charge on any atom is -0.486 e. The number of ether oxygens (including phenoxy) is 1. The van der Waals surface area contributed by atoms with Gasteiger partial charge in [0.1, 0.15) is 11.4 Å². The van der Waals surface area contributed by atoms with Crippen LogP contribution in [-0.2, 0) is 4.79 Å². The van der Waals surface area contributed by atoms with Gasteiger partial charge in [0.15, 0.2) is 5.78 Å². The summed E-state index contributed by atoms with van der Waals surface area (Å²) in [5.74, 6) is 1.92. The molecule has 4 aliphatic rings. The fourth-order valence-electron chi connectivity index (χ4n) is 5.72. The van der Waals surface area contributed by atoms with Crippen molar-refractivity contribution >= 4 is 11.7 Å². The van der Waals surface area contributed by atoms with Crippen molar-refractivity contribution in [1.29, 1.82) is 0 Å². The second-order valence-electron chi connectivity index (χ2n) is 8.39. The fourth-order valence-corrected chi connectivity index (χ4v) is 5.72. The van der Waals surface area contributed by atoms with Gasteiger partial charge in [-0.3, -0.25) is 9.59 Å². The highest BCUT2D eigenvalue weighted by atomic mass is 16.5. The van der Waals surface area contributed by atoms with Crippen molar-refractivity contribution in [3.63, 3.8) is 0 Å². The maximum absolute atomic E-state index is 13.1. The highest BCUT2D eigenvalue weighted by Gasteiger charge is 2.71. The lowest BCUT2D eigenvalue weighted by Crippen LogP contribution is -2.47. The van der Waals surface area contributed by atoms with E-state index < -0.39 is 5.60 Å². The number of piperidine rings is 1. The number of Topliss-reactive ketones (excluding diaryl/α,β-unsaturated/α-hetero) is 1. The number of rotatable bonds is 1. The van der Waals surface area contributed by atoms with E-state index in [4.69, 9.17) is 4.74 Å². The van der Waals surface area contributed by atoms with Gasteiger partial charge in [-0.1, -0.05) is 12.1 Å². The van der Waals surface area contributed by atoms with Gasteiger partial charge < -0.3 is 9.64 Å². The van der Waals surface area contributed by atoms with E-state index in [9.17, 15) is 9.59 Å². The Morgan fingerprint density at radius 3 is 2.92 bits per heavy atom. The fraction of sp³-hybridized carbons (Fsp3) is 0.619. The highest BCUT2D eigenvalue weighted by molar-refractivity contribution is 6.00. The molecule has 1 saturated heterocycles. The van der Waals surface area contributed by atoms with E-state index in [0.717, 1.165) is 32.2 Å².